The van der Waals surface area contributed by atoms with Gasteiger partial charge in [-0.25, -0.2) is 4.39 Å². The predicted molar refractivity (Wildman–Crippen MR) is 82.3 cm³/mol. The van der Waals surface area contributed by atoms with E-state index >= 15 is 0 Å². The number of carbonyl (C=O) groups is 1. The van der Waals surface area contributed by atoms with E-state index in [1.807, 2.05) is 17.0 Å². The first kappa shape index (κ1) is 13.8. The van der Waals surface area contributed by atoms with E-state index in [9.17, 15) is 9.18 Å². The van der Waals surface area contributed by atoms with Gasteiger partial charge < -0.3 is 4.90 Å². The summed E-state index contributed by atoms with van der Waals surface area (Å²) in [5.74, 6) is -0.351. The van der Waals surface area contributed by atoms with Crippen molar-refractivity contribution in [3.8, 4) is 0 Å². The summed E-state index contributed by atoms with van der Waals surface area (Å²) in [5.41, 5.74) is 4.67. The molecule has 0 atom stereocenters. The van der Waals surface area contributed by atoms with Crippen LogP contribution in [0.25, 0.3) is 0 Å². The maximum Gasteiger partial charge on any atom is 0.258 e. The first-order valence-electron chi connectivity index (χ1n) is 7.24. The zero-order chi connectivity index (χ0) is 15.0. The van der Waals surface area contributed by atoms with E-state index in [2.05, 4.69) is 13.0 Å². The summed E-state index contributed by atoms with van der Waals surface area (Å²) < 4.78 is 13.2. The summed E-state index contributed by atoms with van der Waals surface area (Å²) in [7, 11) is 0. The second kappa shape index (κ2) is 5.32. The van der Waals surface area contributed by atoms with Gasteiger partial charge in [-0.05, 0) is 62.1 Å². The van der Waals surface area contributed by atoms with E-state index in [4.69, 9.17) is 0 Å². The Hall–Kier alpha value is -2.16. The lowest BCUT2D eigenvalue weighted by Gasteiger charge is -2.30. The van der Waals surface area contributed by atoms with E-state index < -0.39 is 0 Å². The molecular weight excluding hydrogens is 265 g/mol. The molecule has 0 spiro atoms. The number of hydrogen-bond donors (Lipinski definition) is 0. The van der Waals surface area contributed by atoms with Gasteiger partial charge in [0, 0.05) is 17.8 Å². The van der Waals surface area contributed by atoms with Crippen molar-refractivity contribution in [3.05, 3.63) is 64.5 Å². The number of benzene rings is 2. The van der Waals surface area contributed by atoms with Gasteiger partial charge >= 0.3 is 0 Å². The normalized spacial score (nSPS) is 14.0. The molecule has 0 radical (unpaired) electrons. The largest absolute Gasteiger partial charge is 0.308 e. The molecule has 1 aliphatic heterocycles. The topological polar surface area (TPSA) is 20.3 Å². The summed E-state index contributed by atoms with van der Waals surface area (Å²) in [5, 5.41) is 0. The van der Waals surface area contributed by atoms with Crippen LogP contribution in [-0.4, -0.2) is 12.5 Å². The molecule has 2 aromatic rings. The minimum absolute atomic E-state index is 0.0442. The van der Waals surface area contributed by atoms with Crippen LogP contribution in [0.2, 0.25) is 0 Å². The Balaban J connectivity index is 2.00. The monoisotopic (exact) mass is 283 g/mol. The van der Waals surface area contributed by atoms with Crippen LogP contribution >= 0.6 is 0 Å². The van der Waals surface area contributed by atoms with Gasteiger partial charge in [0.1, 0.15) is 5.82 Å². The van der Waals surface area contributed by atoms with Crippen molar-refractivity contribution in [2.75, 3.05) is 11.4 Å². The van der Waals surface area contributed by atoms with Crippen LogP contribution in [0.4, 0.5) is 10.1 Å². The molecule has 0 aliphatic carbocycles. The van der Waals surface area contributed by atoms with Gasteiger partial charge in [-0.2, -0.15) is 0 Å². The van der Waals surface area contributed by atoms with Crippen LogP contribution in [0.15, 0.2) is 36.4 Å². The molecule has 21 heavy (non-hydrogen) atoms. The molecule has 2 aromatic carbocycles. The van der Waals surface area contributed by atoms with Gasteiger partial charge in [0.25, 0.3) is 5.91 Å². The Bertz CT molecular complexity index is 708. The van der Waals surface area contributed by atoms with Crippen molar-refractivity contribution in [2.45, 2.75) is 26.7 Å². The third-order valence-electron chi connectivity index (χ3n) is 4.02. The molecule has 1 aliphatic rings. The molecule has 108 valence electrons. The number of halogens is 1. The summed E-state index contributed by atoms with van der Waals surface area (Å²) in [4.78, 5) is 14.6. The molecule has 0 unspecified atom stereocenters. The van der Waals surface area contributed by atoms with Gasteiger partial charge in [0.2, 0.25) is 0 Å². The molecule has 0 aromatic heterocycles. The maximum absolute atomic E-state index is 13.2. The van der Waals surface area contributed by atoms with Crippen LogP contribution in [0.5, 0.6) is 0 Å². The quantitative estimate of drug-likeness (QED) is 0.773. The molecule has 2 nitrogen and oxygen atoms in total. The molecule has 1 amide bonds. The number of carbonyl (C=O) groups excluding carboxylic acids is 1. The molecule has 0 fully saturated rings. The third-order valence-corrected chi connectivity index (χ3v) is 4.02. The fourth-order valence-corrected chi connectivity index (χ4v) is 2.95. The highest BCUT2D eigenvalue weighted by atomic mass is 19.1. The number of fused-ring (bicyclic) bond motifs is 1. The van der Waals surface area contributed by atoms with Crippen LogP contribution in [0, 0.1) is 19.7 Å². The van der Waals surface area contributed by atoms with Crippen LogP contribution in [0.3, 0.4) is 0 Å². The highest BCUT2D eigenvalue weighted by molar-refractivity contribution is 6.07. The molecule has 0 N–H and O–H groups in total. The van der Waals surface area contributed by atoms with Gasteiger partial charge in [-0.1, -0.05) is 17.7 Å². The van der Waals surface area contributed by atoms with Crippen LogP contribution < -0.4 is 4.90 Å². The Morgan fingerprint density at radius 1 is 1.14 bits per heavy atom. The molecule has 1 heterocycles. The Morgan fingerprint density at radius 2 is 1.95 bits per heavy atom. The number of amides is 1. The standard InChI is InChI=1S/C18H18FNO/c1-12-5-8-17-14(10-12)4-3-9-20(17)18(21)16-7-6-15(19)11-13(16)2/h5-8,10-11H,3-4,9H2,1-2H3. The van der Waals surface area contributed by atoms with E-state index in [-0.39, 0.29) is 11.7 Å². The number of rotatable bonds is 1. The van der Waals surface area contributed by atoms with Gasteiger partial charge in [-0.3, -0.25) is 4.79 Å². The molecule has 3 rings (SSSR count). The van der Waals surface area contributed by atoms with Crippen molar-refractivity contribution < 1.29 is 9.18 Å². The van der Waals surface area contributed by atoms with Crippen molar-refractivity contribution in [1.82, 2.24) is 0 Å². The fraction of sp³-hybridized carbons (Fsp3) is 0.278. The molecule has 0 saturated heterocycles. The summed E-state index contributed by atoms with van der Waals surface area (Å²) >= 11 is 0. The lowest BCUT2D eigenvalue weighted by Crippen LogP contribution is -2.35. The minimum atomic E-state index is -0.307. The summed E-state index contributed by atoms with van der Waals surface area (Å²) in [6, 6.07) is 10.5. The average molecular weight is 283 g/mol. The number of anilines is 1. The van der Waals surface area contributed by atoms with Gasteiger partial charge in [0.05, 0.1) is 0 Å². The molecule has 3 heteroatoms. The minimum Gasteiger partial charge on any atom is -0.308 e. The average Bonchev–Trinajstić information content (AvgIpc) is 2.45. The third kappa shape index (κ3) is 2.56. The number of aryl methyl sites for hydroxylation is 3. The number of hydrogen-bond acceptors (Lipinski definition) is 1. The van der Waals surface area contributed by atoms with Crippen molar-refractivity contribution in [1.29, 1.82) is 0 Å². The highest BCUT2D eigenvalue weighted by Gasteiger charge is 2.24. The highest BCUT2D eigenvalue weighted by Crippen LogP contribution is 2.29. The van der Waals surface area contributed by atoms with Crippen molar-refractivity contribution in [2.24, 2.45) is 0 Å². The van der Waals surface area contributed by atoms with E-state index in [0.717, 1.165) is 18.5 Å². The maximum atomic E-state index is 13.2. The molecule has 0 saturated carbocycles. The van der Waals surface area contributed by atoms with Crippen molar-refractivity contribution in [3.63, 3.8) is 0 Å². The fourth-order valence-electron chi connectivity index (χ4n) is 2.95. The van der Waals surface area contributed by atoms with Gasteiger partial charge in [0.15, 0.2) is 0 Å². The van der Waals surface area contributed by atoms with Crippen molar-refractivity contribution >= 4 is 11.6 Å². The van der Waals surface area contributed by atoms with Crippen LogP contribution in [-0.2, 0) is 6.42 Å². The zero-order valence-electron chi connectivity index (χ0n) is 12.3. The zero-order valence-corrected chi connectivity index (χ0v) is 12.3. The Kier molecular flexibility index (Phi) is 3.50. The van der Waals surface area contributed by atoms with Gasteiger partial charge in [-0.15, -0.1) is 0 Å². The summed E-state index contributed by atoms with van der Waals surface area (Å²) in [6.07, 6.45) is 1.96. The lowest BCUT2D eigenvalue weighted by molar-refractivity contribution is 0.0984. The first-order valence-corrected chi connectivity index (χ1v) is 7.24. The number of nitrogens with zero attached hydrogens (tertiary/aromatic N) is 1. The SMILES string of the molecule is Cc1ccc2c(c1)CCCN2C(=O)c1ccc(F)cc1C. The second-order valence-corrected chi connectivity index (χ2v) is 5.65. The van der Waals surface area contributed by atoms with E-state index in [0.29, 0.717) is 17.7 Å². The molecular formula is C18H18FNO. The smallest absolute Gasteiger partial charge is 0.258 e. The van der Waals surface area contributed by atoms with E-state index in [1.165, 1.54) is 23.3 Å². The Labute approximate surface area is 124 Å². The van der Waals surface area contributed by atoms with E-state index in [1.54, 1.807) is 13.0 Å². The lowest BCUT2D eigenvalue weighted by atomic mass is 9.98. The second-order valence-electron chi connectivity index (χ2n) is 5.65. The van der Waals surface area contributed by atoms with Crippen LogP contribution in [0.1, 0.15) is 33.5 Å². The molecule has 0 bridgehead atoms. The first-order chi connectivity index (χ1) is 10.1. The predicted octanol–water partition coefficient (Wildman–Crippen LogP) is 4.04. The Morgan fingerprint density at radius 3 is 2.71 bits per heavy atom. The summed E-state index contributed by atoms with van der Waals surface area (Å²) in [6.45, 7) is 4.55.